The molecule has 1 aliphatic rings. The van der Waals surface area contributed by atoms with Gasteiger partial charge in [-0.15, -0.1) is 0 Å². The van der Waals surface area contributed by atoms with Gasteiger partial charge in [-0.05, 0) is 37.6 Å². The molecular weight excluding hydrogens is 330 g/mol. The topological polar surface area (TPSA) is 80.0 Å². The van der Waals surface area contributed by atoms with Crippen molar-refractivity contribution >= 4 is 5.91 Å². The van der Waals surface area contributed by atoms with Crippen LogP contribution in [0.5, 0.6) is 0 Å². The minimum absolute atomic E-state index is 0.0639. The van der Waals surface area contributed by atoms with Crippen molar-refractivity contribution in [3.05, 3.63) is 47.1 Å². The zero-order valence-electron chi connectivity index (χ0n) is 13.9. The van der Waals surface area contributed by atoms with Crippen LogP contribution in [0.25, 0.3) is 0 Å². The quantitative estimate of drug-likeness (QED) is 0.860. The maximum atomic E-state index is 13.5. The van der Waals surface area contributed by atoms with Crippen molar-refractivity contribution in [2.45, 2.75) is 38.1 Å². The Kier molecular flexibility index (Phi) is 5.37. The molecule has 8 heteroatoms. The Bertz CT molecular complexity index is 750. The molecule has 0 radical (unpaired) electrons. The molecule has 0 saturated carbocycles. The molecule has 6 nitrogen and oxygen atoms in total. The lowest BCUT2D eigenvalue weighted by molar-refractivity contribution is -0.122. The second kappa shape index (κ2) is 7.69. The second-order valence-corrected chi connectivity index (χ2v) is 6.18. The standard InChI is InChI=1S/C17H20F2N4O2/c1-10-21-17(25-23-10)5-4-16(24)22-15-9-20-7-6-12(15)11-2-3-13(18)14(19)8-11/h2-3,8,12,15,20H,4-7,9H2,1H3,(H,22,24). The molecule has 2 unspecified atom stereocenters. The number of hydrogen-bond acceptors (Lipinski definition) is 5. The van der Waals surface area contributed by atoms with Gasteiger partial charge < -0.3 is 15.2 Å². The van der Waals surface area contributed by atoms with Crippen molar-refractivity contribution in [1.82, 2.24) is 20.8 Å². The fourth-order valence-corrected chi connectivity index (χ4v) is 3.09. The number of aromatic nitrogens is 2. The number of halogens is 2. The Balaban J connectivity index is 1.62. The SMILES string of the molecule is Cc1noc(CCC(=O)NC2CNCCC2c2ccc(F)c(F)c2)n1. The van der Waals surface area contributed by atoms with E-state index in [0.29, 0.717) is 30.2 Å². The lowest BCUT2D eigenvalue weighted by Gasteiger charge is -2.33. The first-order valence-electron chi connectivity index (χ1n) is 8.27. The summed E-state index contributed by atoms with van der Waals surface area (Å²) in [6, 6.07) is 3.74. The number of aryl methyl sites for hydroxylation is 2. The van der Waals surface area contributed by atoms with Gasteiger partial charge in [0.2, 0.25) is 11.8 Å². The zero-order valence-corrected chi connectivity index (χ0v) is 13.9. The fourth-order valence-electron chi connectivity index (χ4n) is 3.09. The smallest absolute Gasteiger partial charge is 0.227 e. The van der Waals surface area contributed by atoms with Gasteiger partial charge in [-0.1, -0.05) is 11.2 Å². The zero-order chi connectivity index (χ0) is 17.8. The lowest BCUT2D eigenvalue weighted by Crippen LogP contribution is -2.50. The third-order valence-electron chi connectivity index (χ3n) is 4.34. The van der Waals surface area contributed by atoms with E-state index in [0.717, 1.165) is 19.0 Å². The predicted molar refractivity (Wildman–Crippen MR) is 85.9 cm³/mol. The minimum atomic E-state index is -0.868. The van der Waals surface area contributed by atoms with Crippen LogP contribution in [0, 0.1) is 18.6 Å². The van der Waals surface area contributed by atoms with Crippen molar-refractivity contribution in [3.63, 3.8) is 0 Å². The molecule has 1 saturated heterocycles. The van der Waals surface area contributed by atoms with Crippen molar-refractivity contribution in [2.24, 2.45) is 0 Å². The lowest BCUT2D eigenvalue weighted by atomic mass is 9.86. The number of hydrogen-bond donors (Lipinski definition) is 2. The third kappa shape index (κ3) is 4.39. The van der Waals surface area contributed by atoms with E-state index in [1.807, 2.05) is 0 Å². The maximum absolute atomic E-state index is 13.5. The number of nitrogens with one attached hydrogen (secondary N) is 2. The van der Waals surface area contributed by atoms with Gasteiger partial charge in [0.15, 0.2) is 17.5 Å². The molecule has 1 aliphatic heterocycles. The molecule has 25 heavy (non-hydrogen) atoms. The first-order valence-corrected chi connectivity index (χ1v) is 8.27. The summed E-state index contributed by atoms with van der Waals surface area (Å²) < 4.78 is 31.7. The fraction of sp³-hybridized carbons (Fsp3) is 0.471. The third-order valence-corrected chi connectivity index (χ3v) is 4.34. The summed E-state index contributed by atoms with van der Waals surface area (Å²) >= 11 is 0. The molecule has 1 fully saturated rings. The van der Waals surface area contributed by atoms with E-state index in [9.17, 15) is 13.6 Å². The van der Waals surface area contributed by atoms with E-state index in [-0.39, 0.29) is 24.3 Å². The van der Waals surface area contributed by atoms with Crippen LogP contribution in [0.4, 0.5) is 8.78 Å². The van der Waals surface area contributed by atoms with E-state index in [4.69, 9.17) is 4.52 Å². The Labute approximate surface area is 144 Å². The molecule has 134 valence electrons. The van der Waals surface area contributed by atoms with Crippen LogP contribution >= 0.6 is 0 Å². The molecule has 3 rings (SSSR count). The normalized spacial score (nSPS) is 20.4. The van der Waals surface area contributed by atoms with Gasteiger partial charge in [-0.2, -0.15) is 4.98 Å². The largest absolute Gasteiger partial charge is 0.351 e. The highest BCUT2D eigenvalue weighted by Crippen LogP contribution is 2.27. The summed E-state index contributed by atoms with van der Waals surface area (Å²) in [7, 11) is 0. The highest BCUT2D eigenvalue weighted by atomic mass is 19.2. The highest BCUT2D eigenvalue weighted by Gasteiger charge is 2.28. The molecule has 1 aromatic heterocycles. The highest BCUT2D eigenvalue weighted by molar-refractivity contribution is 5.76. The van der Waals surface area contributed by atoms with E-state index in [1.54, 1.807) is 13.0 Å². The van der Waals surface area contributed by atoms with E-state index in [2.05, 4.69) is 20.8 Å². The Hall–Kier alpha value is -2.35. The number of carbonyl (C=O) groups is 1. The molecule has 2 heterocycles. The molecular formula is C17H20F2N4O2. The van der Waals surface area contributed by atoms with Crippen LogP contribution in [0.3, 0.4) is 0 Å². The van der Waals surface area contributed by atoms with Gasteiger partial charge in [-0.3, -0.25) is 4.79 Å². The van der Waals surface area contributed by atoms with Gasteiger partial charge in [-0.25, -0.2) is 8.78 Å². The van der Waals surface area contributed by atoms with Crippen molar-refractivity contribution in [1.29, 1.82) is 0 Å². The van der Waals surface area contributed by atoms with Crippen LogP contribution in [-0.2, 0) is 11.2 Å². The average molecular weight is 350 g/mol. The molecule has 0 aliphatic carbocycles. The van der Waals surface area contributed by atoms with Crippen LogP contribution in [-0.4, -0.2) is 35.2 Å². The van der Waals surface area contributed by atoms with Gasteiger partial charge >= 0.3 is 0 Å². The summed E-state index contributed by atoms with van der Waals surface area (Å²) in [5, 5.41) is 9.87. The number of rotatable bonds is 5. The van der Waals surface area contributed by atoms with Crippen LogP contribution in [0.1, 0.15) is 36.0 Å². The van der Waals surface area contributed by atoms with E-state index >= 15 is 0 Å². The monoisotopic (exact) mass is 350 g/mol. The van der Waals surface area contributed by atoms with Crippen molar-refractivity contribution in [2.75, 3.05) is 13.1 Å². The molecule has 2 atom stereocenters. The Morgan fingerprint density at radius 2 is 2.24 bits per heavy atom. The van der Waals surface area contributed by atoms with Gasteiger partial charge in [0, 0.05) is 31.3 Å². The summed E-state index contributed by atoms with van der Waals surface area (Å²) in [6.07, 6.45) is 1.32. The first-order chi connectivity index (χ1) is 12.0. The Morgan fingerprint density at radius 3 is 2.96 bits per heavy atom. The van der Waals surface area contributed by atoms with Gasteiger partial charge in [0.1, 0.15) is 0 Å². The van der Waals surface area contributed by atoms with Crippen LogP contribution in [0.15, 0.2) is 22.7 Å². The average Bonchev–Trinajstić information content (AvgIpc) is 3.02. The van der Waals surface area contributed by atoms with Crippen molar-refractivity contribution < 1.29 is 18.1 Å². The summed E-state index contributed by atoms with van der Waals surface area (Å²) in [4.78, 5) is 16.3. The number of amides is 1. The Morgan fingerprint density at radius 1 is 1.40 bits per heavy atom. The molecule has 0 bridgehead atoms. The summed E-state index contributed by atoms with van der Waals surface area (Å²) in [5.41, 5.74) is 0.693. The van der Waals surface area contributed by atoms with Gasteiger partial charge in [0.05, 0.1) is 0 Å². The summed E-state index contributed by atoms with van der Waals surface area (Å²) in [5.74, 6) is -0.985. The van der Waals surface area contributed by atoms with Gasteiger partial charge in [0.25, 0.3) is 0 Å². The first kappa shape index (κ1) is 17.5. The molecule has 0 spiro atoms. The second-order valence-electron chi connectivity index (χ2n) is 6.18. The molecule has 2 aromatic rings. The van der Waals surface area contributed by atoms with E-state index in [1.165, 1.54) is 6.07 Å². The van der Waals surface area contributed by atoms with Crippen molar-refractivity contribution in [3.8, 4) is 0 Å². The number of benzene rings is 1. The number of carbonyl (C=O) groups excluding carboxylic acids is 1. The number of piperidine rings is 1. The van der Waals surface area contributed by atoms with E-state index < -0.39 is 11.6 Å². The molecule has 2 N–H and O–H groups in total. The minimum Gasteiger partial charge on any atom is -0.351 e. The number of nitrogens with zero attached hydrogens (tertiary/aromatic N) is 2. The summed E-state index contributed by atoms with van der Waals surface area (Å²) in [6.45, 7) is 3.06. The predicted octanol–water partition coefficient (Wildman–Crippen LogP) is 1.85. The van der Waals surface area contributed by atoms with Crippen LogP contribution in [0.2, 0.25) is 0 Å². The maximum Gasteiger partial charge on any atom is 0.227 e. The molecule has 1 amide bonds. The molecule has 1 aromatic carbocycles. The van der Waals surface area contributed by atoms with Crippen LogP contribution < -0.4 is 10.6 Å².